The van der Waals surface area contributed by atoms with E-state index < -0.39 is 94.3 Å². The number of aromatic nitrogens is 4. The molecule has 4 N–H and O–H groups in total. The van der Waals surface area contributed by atoms with Gasteiger partial charge in [0, 0.05) is 30.4 Å². The number of hydrogen-bond donors (Lipinski definition) is 4. The zero-order chi connectivity index (χ0) is 34.5. The fourth-order valence-electron chi connectivity index (χ4n) is 5.43. The van der Waals surface area contributed by atoms with Crippen molar-refractivity contribution < 1.29 is 42.2 Å². The molecule has 260 valence electrons. The maximum atomic E-state index is 14.1. The number of aromatic amines is 2. The van der Waals surface area contributed by atoms with Crippen LogP contribution in [0.1, 0.15) is 45.2 Å². The second-order valence-corrected chi connectivity index (χ2v) is 19.7. The Morgan fingerprint density at radius 3 is 2.47 bits per heavy atom. The monoisotopic (exact) mass is 700 g/mol. The van der Waals surface area contributed by atoms with Crippen LogP contribution in [-0.2, 0) is 32.0 Å². The molecule has 3 aliphatic heterocycles. The molecular weight excluding hydrogens is 659 g/mol. The van der Waals surface area contributed by atoms with Crippen LogP contribution in [0.2, 0.25) is 18.1 Å². The number of phosphoric ester groups is 1. The van der Waals surface area contributed by atoms with Gasteiger partial charge < -0.3 is 24.1 Å². The molecule has 47 heavy (non-hydrogen) atoms. The van der Waals surface area contributed by atoms with E-state index in [1.165, 1.54) is 22.9 Å². The Kier molecular flexibility index (Phi) is 9.77. The topological polar surface area (TPSA) is 223 Å². The van der Waals surface area contributed by atoms with Crippen molar-refractivity contribution >= 4 is 16.1 Å². The van der Waals surface area contributed by atoms with Crippen LogP contribution in [0.4, 0.5) is 0 Å². The Morgan fingerprint density at radius 1 is 1.11 bits per heavy atom. The van der Waals surface area contributed by atoms with Crippen molar-refractivity contribution in [1.29, 1.82) is 0 Å². The number of nitrogens with zero attached hydrogens (tertiary/aromatic N) is 2. The van der Waals surface area contributed by atoms with E-state index >= 15 is 0 Å². The lowest BCUT2D eigenvalue weighted by molar-refractivity contribution is -0.0844. The molecule has 0 spiro atoms. The average molecular weight is 701 g/mol. The molecule has 0 aliphatic carbocycles. The first-order chi connectivity index (χ1) is 21.9. The lowest BCUT2D eigenvalue weighted by Gasteiger charge is -2.39. The number of H-pyrrole nitrogens is 2. The van der Waals surface area contributed by atoms with E-state index in [1.807, 2.05) is 13.1 Å². The van der Waals surface area contributed by atoms with Crippen LogP contribution in [0.25, 0.3) is 0 Å². The second-order valence-electron chi connectivity index (χ2n) is 13.3. The van der Waals surface area contributed by atoms with Crippen LogP contribution in [0, 0.1) is 6.92 Å². The molecule has 3 aliphatic rings. The highest BCUT2D eigenvalue weighted by atomic mass is 31.2. The number of hydrogen-bond acceptors (Lipinski definition) is 13. The van der Waals surface area contributed by atoms with E-state index in [0.29, 0.717) is 5.56 Å². The van der Waals surface area contributed by atoms with Gasteiger partial charge in [-0.1, -0.05) is 26.8 Å². The summed E-state index contributed by atoms with van der Waals surface area (Å²) in [6.45, 7) is 10.4. The van der Waals surface area contributed by atoms with Gasteiger partial charge in [-0.25, -0.2) is 14.2 Å². The predicted octanol–water partition coefficient (Wildman–Crippen LogP) is 0.790. The van der Waals surface area contributed by atoms with E-state index in [-0.39, 0.29) is 18.1 Å². The summed E-state index contributed by atoms with van der Waals surface area (Å²) < 4.78 is 51.9. The summed E-state index contributed by atoms with van der Waals surface area (Å²) in [5.74, 6) is 0. The smallest absolute Gasteiger partial charge is 0.411 e. The molecule has 0 aromatic carbocycles. The Bertz CT molecular complexity index is 1800. The lowest BCUT2D eigenvalue weighted by Crippen LogP contribution is -2.49. The number of ether oxygens (including phenoxy) is 2. The molecule has 1 unspecified atom stereocenters. The van der Waals surface area contributed by atoms with Crippen LogP contribution in [0.3, 0.4) is 0 Å². The van der Waals surface area contributed by atoms with Crippen LogP contribution >= 0.6 is 7.82 Å². The number of aryl methyl sites for hydroxylation is 1. The predicted molar refractivity (Wildman–Crippen MR) is 167 cm³/mol. The fourth-order valence-corrected chi connectivity index (χ4v) is 8.16. The second kappa shape index (κ2) is 12.9. The first kappa shape index (κ1) is 35.5. The van der Waals surface area contributed by atoms with Crippen molar-refractivity contribution in [1.82, 2.24) is 19.1 Å². The molecule has 2 fully saturated rings. The van der Waals surface area contributed by atoms with Crippen molar-refractivity contribution in [2.45, 2.75) is 94.7 Å². The number of aliphatic hydroxyl groups excluding tert-OH is 1. The SMILES string of the molecule is Cc1cn([C@H]2C[C@H](O[Si](C)(C)C(C)(C)C)[C@@H](COP3(=O)OC/C=C\[C@]4(O)[C@H](O3)[C@@H](CO)O[C@H]4n3ccc(=O)[nH]c3=O)O2)c(=O)[nH]c1=O. The number of aliphatic hydroxyl groups is 2. The standard InChI is InChI=1S/C28H41N4O13PSi/c1-16-13-32(26(37)30-23(16)35)21-12-17(45-47(5,6)27(2,3)4)19(42-21)15-41-46(39)40-11-7-9-28(38)22(44-46)18(14-33)43-24(28)31-10-8-20(34)29-25(31)36/h7-10,13,17-19,21-22,24,33,38H,11-12,14-15H2,1-6H3,(H,29,34,36)(H,30,35,37)/b9-7-/t17-,18+,19+,21+,22+,24+,28-,46?/m0/s1. The van der Waals surface area contributed by atoms with Crippen molar-refractivity contribution in [3.63, 3.8) is 0 Å². The summed E-state index contributed by atoms with van der Waals surface area (Å²) in [6, 6.07) is 1.06. The molecule has 0 saturated carbocycles. The maximum Gasteiger partial charge on any atom is 0.475 e. The number of nitrogens with one attached hydrogen (secondary N) is 2. The Labute approximate surface area is 269 Å². The van der Waals surface area contributed by atoms with Gasteiger partial charge in [0.1, 0.15) is 24.5 Å². The van der Waals surface area contributed by atoms with Crippen LogP contribution in [0.5, 0.6) is 0 Å². The Hall–Kier alpha value is -2.77. The zero-order valence-electron chi connectivity index (χ0n) is 26.9. The molecule has 2 aromatic rings. The minimum Gasteiger partial charge on any atom is -0.411 e. The molecular formula is C28H41N4O13PSi. The minimum absolute atomic E-state index is 0.191. The van der Waals surface area contributed by atoms with Crippen LogP contribution < -0.4 is 22.5 Å². The van der Waals surface area contributed by atoms with Gasteiger partial charge in [0.25, 0.3) is 11.1 Å². The van der Waals surface area contributed by atoms with Gasteiger partial charge in [-0.15, -0.1) is 0 Å². The van der Waals surface area contributed by atoms with Crippen LogP contribution in [-0.4, -0.2) is 87.5 Å². The highest BCUT2D eigenvalue weighted by Crippen LogP contribution is 2.57. The van der Waals surface area contributed by atoms with Crippen molar-refractivity contribution in [3.8, 4) is 0 Å². The van der Waals surface area contributed by atoms with Gasteiger partial charge in [0.2, 0.25) is 0 Å². The quantitative estimate of drug-likeness (QED) is 0.170. The van der Waals surface area contributed by atoms with Crippen molar-refractivity contribution in [2.24, 2.45) is 0 Å². The third kappa shape index (κ3) is 7.03. The van der Waals surface area contributed by atoms with E-state index in [1.54, 1.807) is 6.92 Å². The molecule has 0 radical (unpaired) electrons. The number of fused-ring (bicyclic) bond motifs is 1. The summed E-state index contributed by atoms with van der Waals surface area (Å²) in [4.78, 5) is 53.2. The first-order valence-corrected chi connectivity index (χ1v) is 19.4. The van der Waals surface area contributed by atoms with E-state index in [4.69, 9.17) is 27.5 Å². The number of phosphoric acid groups is 1. The summed E-state index contributed by atoms with van der Waals surface area (Å²) in [7, 11) is -6.97. The van der Waals surface area contributed by atoms with Gasteiger partial charge in [0.15, 0.2) is 20.1 Å². The van der Waals surface area contributed by atoms with Gasteiger partial charge in [0.05, 0.1) is 25.9 Å². The van der Waals surface area contributed by atoms with E-state index in [0.717, 1.165) is 16.8 Å². The molecule has 0 amide bonds. The summed E-state index contributed by atoms with van der Waals surface area (Å²) in [6.07, 6.45) is -1.40. The van der Waals surface area contributed by atoms with Crippen molar-refractivity contribution in [2.75, 3.05) is 19.8 Å². The third-order valence-electron chi connectivity index (χ3n) is 9.02. The maximum absolute atomic E-state index is 14.1. The molecule has 5 heterocycles. The van der Waals surface area contributed by atoms with Gasteiger partial charge in [-0.3, -0.25) is 42.3 Å². The highest BCUT2D eigenvalue weighted by Gasteiger charge is 2.59. The normalized spacial score (nSPS) is 33.7. The largest absolute Gasteiger partial charge is 0.475 e. The molecule has 8 atom stereocenters. The van der Waals surface area contributed by atoms with E-state index in [9.17, 15) is 34.0 Å². The van der Waals surface area contributed by atoms with Crippen molar-refractivity contribution in [3.05, 3.63) is 77.9 Å². The summed E-state index contributed by atoms with van der Waals surface area (Å²) in [5.41, 5.74) is -4.61. The van der Waals surface area contributed by atoms with Gasteiger partial charge in [-0.05, 0) is 31.1 Å². The third-order valence-corrected chi connectivity index (χ3v) is 14.9. The first-order valence-electron chi connectivity index (χ1n) is 15.1. The number of rotatable bonds is 8. The fraction of sp³-hybridized carbons (Fsp3) is 0.643. The molecule has 2 aromatic heterocycles. The molecule has 2 saturated heterocycles. The minimum atomic E-state index is -4.55. The molecule has 19 heteroatoms. The zero-order valence-corrected chi connectivity index (χ0v) is 28.8. The van der Waals surface area contributed by atoms with Gasteiger partial charge >= 0.3 is 19.2 Å². The summed E-state index contributed by atoms with van der Waals surface area (Å²) in [5, 5.41) is 21.7. The average Bonchev–Trinajstić information content (AvgIpc) is 3.48. The van der Waals surface area contributed by atoms with E-state index in [2.05, 4.69) is 30.7 Å². The highest BCUT2D eigenvalue weighted by molar-refractivity contribution is 7.48. The molecule has 17 nitrogen and oxygen atoms in total. The molecule has 0 bridgehead atoms. The Morgan fingerprint density at radius 2 is 1.81 bits per heavy atom. The lowest BCUT2D eigenvalue weighted by atomic mass is 9.93. The van der Waals surface area contributed by atoms with Gasteiger partial charge in [-0.2, -0.15) is 0 Å². The molecule has 5 rings (SSSR count). The Balaban J connectivity index is 1.41. The summed E-state index contributed by atoms with van der Waals surface area (Å²) >= 11 is 0. The van der Waals surface area contributed by atoms with Crippen LogP contribution in [0.15, 0.2) is 49.8 Å².